The number of ether oxygens (including phenoxy) is 1. The van der Waals surface area contributed by atoms with E-state index in [9.17, 15) is 0 Å². The molecule has 0 heterocycles. The molecule has 13 heavy (non-hydrogen) atoms. The lowest BCUT2D eigenvalue weighted by atomic mass is 10.0. The van der Waals surface area contributed by atoms with Crippen LogP contribution in [0.4, 0.5) is 0 Å². The van der Waals surface area contributed by atoms with Gasteiger partial charge >= 0.3 is 0 Å². The standard InChI is InChI=1S/C10H21NO2/c1-9(7-13-2)11-8-10(3-4-10)5-6-12/h9,11-12H,3-8H2,1-2H3. The Morgan fingerprint density at radius 2 is 2.23 bits per heavy atom. The van der Waals surface area contributed by atoms with Gasteiger partial charge in [-0.2, -0.15) is 0 Å². The van der Waals surface area contributed by atoms with E-state index >= 15 is 0 Å². The van der Waals surface area contributed by atoms with Crippen molar-refractivity contribution in [3.63, 3.8) is 0 Å². The SMILES string of the molecule is COCC(C)NCC1(CCO)CC1. The third-order valence-corrected chi connectivity index (χ3v) is 2.84. The van der Waals surface area contributed by atoms with E-state index in [1.165, 1.54) is 12.8 Å². The van der Waals surface area contributed by atoms with Gasteiger partial charge < -0.3 is 15.2 Å². The second kappa shape index (κ2) is 4.94. The van der Waals surface area contributed by atoms with Gasteiger partial charge in [0, 0.05) is 26.3 Å². The Hall–Kier alpha value is -0.120. The highest BCUT2D eigenvalue weighted by molar-refractivity contribution is 4.94. The lowest BCUT2D eigenvalue weighted by molar-refractivity contribution is 0.166. The monoisotopic (exact) mass is 187 g/mol. The Labute approximate surface area is 80.5 Å². The van der Waals surface area contributed by atoms with Gasteiger partial charge in [-0.1, -0.05) is 0 Å². The fourth-order valence-electron chi connectivity index (χ4n) is 1.63. The molecule has 0 amide bonds. The molecule has 2 N–H and O–H groups in total. The molecule has 1 unspecified atom stereocenters. The molecule has 0 radical (unpaired) electrons. The van der Waals surface area contributed by atoms with Crippen molar-refractivity contribution in [3.05, 3.63) is 0 Å². The summed E-state index contributed by atoms with van der Waals surface area (Å²) in [5.74, 6) is 0. The van der Waals surface area contributed by atoms with E-state index in [0.717, 1.165) is 19.6 Å². The number of aliphatic hydroxyl groups is 1. The average molecular weight is 187 g/mol. The molecule has 0 aromatic heterocycles. The van der Waals surface area contributed by atoms with Crippen LogP contribution in [0, 0.1) is 5.41 Å². The third kappa shape index (κ3) is 3.63. The van der Waals surface area contributed by atoms with Crippen molar-refractivity contribution >= 4 is 0 Å². The Morgan fingerprint density at radius 1 is 1.54 bits per heavy atom. The van der Waals surface area contributed by atoms with Gasteiger partial charge in [-0.05, 0) is 31.6 Å². The zero-order chi connectivity index (χ0) is 9.73. The van der Waals surface area contributed by atoms with Crippen molar-refractivity contribution in [1.82, 2.24) is 5.32 Å². The number of aliphatic hydroxyl groups excluding tert-OH is 1. The van der Waals surface area contributed by atoms with Gasteiger partial charge in [-0.15, -0.1) is 0 Å². The van der Waals surface area contributed by atoms with Crippen LogP contribution in [0.3, 0.4) is 0 Å². The maximum atomic E-state index is 8.86. The molecule has 0 bridgehead atoms. The first-order valence-electron chi connectivity index (χ1n) is 5.06. The van der Waals surface area contributed by atoms with Crippen molar-refractivity contribution in [2.45, 2.75) is 32.2 Å². The zero-order valence-electron chi connectivity index (χ0n) is 8.68. The Balaban J connectivity index is 2.10. The molecule has 1 aliphatic carbocycles. The maximum Gasteiger partial charge on any atom is 0.0613 e. The molecule has 1 saturated carbocycles. The Morgan fingerprint density at radius 3 is 2.69 bits per heavy atom. The van der Waals surface area contributed by atoms with Crippen molar-refractivity contribution in [2.75, 3.05) is 26.9 Å². The molecule has 0 aromatic rings. The van der Waals surface area contributed by atoms with Crippen molar-refractivity contribution in [3.8, 4) is 0 Å². The number of methoxy groups -OCH3 is 1. The van der Waals surface area contributed by atoms with Crippen molar-refractivity contribution < 1.29 is 9.84 Å². The van der Waals surface area contributed by atoms with Crippen LogP contribution >= 0.6 is 0 Å². The van der Waals surface area contributed by atoms with E-state index in [4.69, 9.17) is 9.84 Å². The van der Waals surface area contributed by atoms with Crippen LogP contribution in [0.2, 0.25) is 0 Å². The van der Waals surface area contributed by atoms with E-state index in [-0.39, 0.29) is 0 Å². The van der Waals surface area contributed by atoms with Crippen LogP contribution in [-0.2, 0) is 4.74 Å². The summed E-state index contributed by atoms with van der Waals surface area (Å²) >= 11 is 0. The molecular formula is C10H21NO2. The number of hydrogen-bond donors (Lipinski definition) is 2. The van der Waals surface area contributed by atoms with E-state index in [1.807, 2.05) is 0 Å². The molecule has 1 aliphatic rings. The highest BCUT2D eigenvalue weighted by Crippen LogP contribution is 2.47. The van der Waals surface area contributed by atoms with Crippen LogP contribution in [0.25, 0.3) is 0 Å². The summed E-state index contributed by atoms with van der Waals surface area (Å²) in [5, 5.41) is 12.3. The smallest absolute Gasteiger partial charge is 0.0613 e. The molecule has 0 spiro atoms. The first-order valence-corrected chi connectivity index (χ1v) is 5.06. The van der Waals surface area contributed by atoms with Crippen LogP contribution in [0.5, 0.6) is 0 Å². The summed E-state index contributed by atoms with van der Waals surface area (Å²) < 4.78 is 5.04. The Kier molecular flexibility index (Phi) is 4.16. The summed E-state index contributed by atoms with van der Waals surface area (Å²) in [5.41, 5.74) is 0.413. The van der Waals surface area contributed by atoms with E-state index in [0.29, 0.717) is 18.1 Å². The molecule has 0 saturated heterocycles. The fraction of sp³-hybridized carbons (Fsp3) is 1.00. The molecule has 1 atom stereocenters. The van der Waals surface area contributed by atoms with Crippen molar-refractivity contribution in [2.24, 2.45) is 5.41 Å². The fourth-order valence-corrected chi connectivity index (χ4v) is 1.63. The Bertz CT molecular complexity index is 146. The number of hydrogen-bond acceptors (Lipinski definition) is 3. The van der Waals surface area contributed by atoms with Gasteiger partial charge in [0.2, 0.25) is 0 Å². The second-order valence-electron chi connectivity index (χ2n) is 4.21. The molecular weight excluding hydrogens is 166 g/mol. The summed E-state index contributed by atoms with van der Waals surface area (Å²) in [7, 11) is 1.72. The lowest BCUT2D eigenvalue weighted by Crippen LogP contribution is -2.35. The van der Waals surface area contributed by atoms with Crippen molar-refractivity contribution in [1.29, 1.82) is 0 Å². The van der Waals surface area contributed by atoms with Crippen LogP contribution in [0.15, 0.2) is 0 Å². The minimum Gasteiger partial charge on any atom is -0.396 e. The van der Waals surface area contributed by atoms with Gasteiger partial charge in [-0.3, -0.25) is 0 Å². The zero-order valence-corrected chi connectivity index (χ0v) is 8.68. The largest absolute Gasteiger partial charge is 0.396 e. The van der Waals surface area contributed by atoms with E-state index < -0.39 is 0 Å². The summed E-state index contributed by atoms with van der Waals surface area (Å²) in [4.78, 5) is 0. The minimum atomic E-state index is 0.320. The highest BCUT2D eigenvalue weighted by atomic mass is 16.5. The van der Waals surface area contributed by atoms with Gasteiger partial charge in [0.15, 0.2) is 0 Å². The van der Waals surface area contributed by atoms with Gasteiger partial charge in [0.1, 0.15) is 0 Å². The van der Waals surface area contributed by atoms with Crippen LogP contribution in [0.1, 0.15) is 26.2 Å². The molecule has 0 aliphatic heterocycles. The number of rotatable bonds is 7. The molecule has 1 rings (SSSR count). The average Bonchev–Trinajstić information content (AvgIpc) is 2.84. The molecule has 78 valence electrons. The predicted octanol–water partition coefficient (Wildman–Crippen LogP) is 0.773. The first-order chi connectivity index (χ1) is 6.22. The summed E-state index contributed by atoms with van der Waals surface area (Å²) in [6, 6.07) is 0.418. The minimum absolute atomic E-state index is 0.320. The quantitative estimate of drug-likeness (QED) is 0.618. The van der Waals surface area contributed by atoms with E-state index in [1.54, 1.807) is 7.11 Å². The predicted molar refractivity (Wildman–Crippen MR) is 52.7 cm³/mol. The summed E-state index contributed by atoms with van der Waals surface area (Å²) in [6.07, 6.45) is 3.47. The number of nitrogens with one attached hydrogen (secondary N) is 1. The van der Waals surface area contributed by atoms with Crippen LogP contribution in [-0.4, -0.2) is 38.0 Å². The third-order valence-electron chi connectivity index (χ3n) is 2.84. The molecule has 3 heteroatoms. The normalized spacial score (nSPS) is 21.5. The first kappa shape index (κ1) is 11.0. The summed E-state index contributed by atoms with van der Waals surface area (Å²) in [6.45, 7) is 4.23. The topological polar surface area (TPSA) is 41.5 Å². The van der Waals surface area contributed by atoms with E-state index in [2.05, 4.69) is 12.2 Å². The van der Waals surface area contributed by atoms with Gasteiger partial charge in [-0.25, -0.2) is 0 Å². The van der Waals surface area contributed by atoms with Gasteiger partial charge in [0.25, 0.3) is 0 Å². The maximum absolute atomic E-state index is 8.86. The van der Waals surface area contributed by atoms with Crippen LogP contribution < -0.4 is 5.32 Å². The highest BCUT2D eigenvalue weighted by Gasteiger charge is 2.41. The second-order valence-corrected chi connectivity index (χ2v) is 4.21. The van der Waals surface area contributed by atoms with Gasteiger partial charge in [0.05, 0.1) is 6.61 Å². The lowest BCUT2D eigenvalue weighted by Gasteiger charge is -2.18. The molecule has 3 nitrogen and oxygen atoms in total. The molecule has 1 fully saturated rings. The molecule has 0 aromatic carbocycles.